The molecule has 7 N–H and O–H groups in total. The fraction of sp³-hybridized carbons (Fsp3) is 0.524. The van der Waals surface area contributed by atoms with Gasteiger partial charge in [-0.3, -0.25) is 14.4 Å². The molecule has 5 unspecified atom stereocenters. The fourth-order valence-electron chi connectivity index (χ4n) is 2.76. The number of hydrogen-bond acceptors (Lipinski definition) is 7. The van der Waals surface area contributed by atoms with Crippen LogP contribution in [-0.4, -0.2) is 70.4 Å². The highest BCUT2D eigenvalue weighted by atomic mass is 32.1. The number of nitrogens with two attached hydrogens (primary N) is 1. The summed E-state index contributed by atoms with van der Waals surface area (Å²) in [5, 5.41) is 26.1. The van der Waals surface area contributed by atoms with Crippen molar-refractivity contribution < 1.29 is 29.4 Å². The Kier molecular flexibility index (Phi) is 11.7. The monoisotopic (exact) mass is 468 g/mol. The molecule has 0 aromatic heterocycles. The van der Waals surface area contributed by atoms with Gasteiger partial charge in [-0.25, -0.2) is 4.79 Å². The molecule has 178 valence electrons. The van der Waals surface area contributed by atoms with Crippen LogP contribution in [0.2, 0.25) is 0 Å². The zero-order valence-electron chi connectivity index (χ0n) is 18.2. The highest BCUT2D eigenvalue weighted by Gasteiger charge is 2.30. The smallest absolute Gasteiger partial charge is 0.326 e. The number of carbonyl (C=O) groups excluding carboxylic acids is 3. The first-order valence-corrected chi connectivity index (χ1v) is 10.9. The lowest BCUT2D eigenvalue weighted by Crippen LogP contribution is -2.59. The minimum atomic E-state index is -1.33. The summed E-state index contributed by atoms with van der Waals surface area (Å²) in [7, 11) is 0. The van der Waals surface area contributed by atoms with Gasteiger partial charge in [-0.15, -0.1) is 0 Å². The van der Waals surface area contributed by atoms with Crippen molar-refractivity contribution in [3.05, 3.63) is 35.9 Å². The van der Waals surface area contributed by atoms with Gasteiger partial charge in [-0.1, -0.05) is 50.6 Å². The van der Waals surface area contributed by atoms with Gasteiger partial charge in [0.15, 0.2) is 0 Å². The van der Waals surface area contributed by atoms with Crippen molar-refractivity contribution in [2.75, 3.05) is 12.4 Å². The second-order valence-electron chi connectivity index (χ2n) is 7.49. The number of benzene rings is 1. The summed E-state index contributed by atoms with van der Waals surface area (Å²) in [4.78, 5) is 48.9. The van der Waals surface area contributed by atoms with E-state index in [1.165, 1.54) is 0 Å². The second kappa shape index (κ2) is 13.7. The van der Waals surface area contributed by atoms with Gasteiger partial charge in [-0.2, -0.15) is 12.6 Å². The SMILES string of the molecule is CCC(C)C(N)C(=O)NC(CO)C(=O)NC(CS)C(=O)NC(Cc1ccccc1)C(=O)O. The number of carboxylic acids is 1. The molecule has 0 heterocycles. The van der Waals surface area contributed by atoms with E-state index in [4.69, 9.17) is 5.73 Å². The highest BCUT2D eigenvalue weighted by molar-refractivity contribution is 7.80. The van der Waals surface area contributed by atoms with Gasteiger partial charge < -0.3 is 31.9 Å². The van der Waals surface area contributed by atoms with E-state index in [1.54, 1.807) is 37.3 Å². The van der Waals surface area contributed by atoms with Gasteiger partial charge in [-0.05, 0) is 11.5 Å². The Morgan fingerprint density at radius 3 is 2.00 bits per heavy atom. The summed E-state index contributed by atoms with van der Waals surface area (Å²) in [6.45, 7) is 2.94. The Hall–Kier alpha value is -2.63. The Balaban J connectivity index is 2.77. The number of aliphatic carboxylic acids is 1. The first-order valence-electron chi connectivity index (χ1n) is 10.3. The standard InChI is InChI=1S/C21H32N4O6S/c1-3-12(2)17(22)20(29)24-15(10-26)18(27)25-16(11-32)19(28)23-14(21(30)31)9-13-7-5-4-6-8-13/h4-8,12,14-17,26,32H,3,9-11,22H2,1-2H3,(H,23,28)(H,24,29)(H,25,27)(H,30,31). The molecule has 1 aromatic rings. The fourth-order valence-corrected chi connectivity index (χ4v) is 3.02. The molecule has 1 rings (SSSR count). The lowest BCUT2D eigenvalue weighted by atomic mass is 9.99. The minimum Gasteiger partial charge on any atom is -0.480 e. The molecule has 0 aliphatic heterocycles. The van der Waals surface area contributed by atoms with Crippen molar-refractivity contribution in [1.29, 1.82) is 0 Å². The van der Waals surface area contributed by atoms with E-state index in [-0.39, 0.29) is 18.1 Å². The molecule has 1 aromatic carbocycles. The molecule has 0 saturated carbocycles. The third kappa shape index (κ3) is 8.48. The van der Waals surface area contributed by atoms with Crippen molar-refractivity contribution >= 4 is 36.3 Å². The van der Waals surface area contributed by atoms with Crippen LogP contribution in [0.4, 0.5) is 0 Å². The maximum atomic E-state index is 12.6. The van der Waals surface area contributed by atoms with Gasteiger partial charge in [0.2, 0.25) is 17.7 Å². The number of rotatable bonds is 13. The molecular weight excluding hydrogens is 436 g/mol. The Morgan fingerprint density at radius 1 is 0.969 bits per heavy atom. The topological polar surface area (TPSA) is 171 Å². The van der Waals surface area contributed by atoms with E-state index >= 15 is 0 Å². The van der Waals surface area contributed by atoms with Crippen molar-refractivity contribution in [2.45, 2.75) is 50.9 Å². The van der Waals surface area contributed by atoms with Crippen LogP contribution in [0.5, 0.6) is 0 Å². The molecular formula is C21H32N4O6S. The number of carbonyl (C=O) groups is 4. The lowest BCUT2D eigenvalue weighted by Gasteiger charge is -2.24. The first-order chi connectivity index (χ1) is 15.1. The molecule has 10 nitrogen and oxygen atoms in total. The lowest BCUT2D eigenvalue weighted by molar-refractivity contribution is -0.142. The third-order valence-corrected chi connectivity index (χ3v) is 5.45. The van der Waals surface area contributed by atoms with Crippen molar-refractivity contribution in [1.82, 2.24) is 16.0 Å². The number of carboxylic acid groups (broad SMARTS) is 1. The van der Waals surface area contributed by atoms with E-state index in [1.807, 2.05) is 6.92 Å². The Bertz CT molecular complexity index is 779. The number of amides is 3. The van der Waals surface area contributed by atoms with Crippen LogP contribution in [0.15, 0.2) is 30.3 Å². The number of nitrogens with one attached hydrogen (secondary N) is 3. The van der Waals surface area contributed by atoms with E-state index in [9.17, 15) is 29.4 Å². The van der Waals surface area contributed by atoms with Gasteiger partial charge in [0, 0.05) is 12.2 Å². The summed E-state index contributed by atoms with van der Waals surface area (Å²) in [6, 6.07) is 4.18. The van der Waals surface area contributed by atoms with Gasteiger partial charge in [0.25, 0.3) is 0 Å². The number of hydrogen-bond donors (Lipinski definition) is 7. The molecule has 0 spiro atoms. The molecule has 0 aliphatic carbocycles. The normalized spacial score (nSPS) is 15.5. The van der Waals surface area contributed by atoms with Gasteiger partial charge >= 0.3 is 5.97 Å². The average molecular weight is 469 g/mol. The Labute approximate surface area is 192 Å². The molecule has 0 fully saturated rings. The maximum Gasteiger partial charge on any atom is 0.326 e. The van der Waals surface area contributed by atoms with E-state index in [0.29, 0.717) is 12.0 Å². The summed E-state index contributed by atoms with van der Waals surface area (Å²) in [6.07, 6.45) is 0.707. The molecule has 3 amide bonds. The molecule has 0 aliphatic rings. The summed E-state index contributed by atoms with van der Waals surface area (Å²) < 4.78 is 0. The van der Waals surface area contributed by atoms with Crippen molar-refractivity contribution in [3.63, 3.8) is 0 Å². The van der Waals surface area contributed by atoms with E-state index < -0.39 is 54.5 Å². The largest absolute Gasteiger partial charge is 0.480 e. The zero-order valence-corrected chi connectivity index (χ0v) is 19.0. The highest BCUT2D eigenvalue weighted by Crippen LogP contribution is 2.06. The Morgan fingerprint density at radius 2 is 1.50 bits per heavy atom. The molecule has 32 heavy (non-hydrogen) atoms. The van der Waals surface area contributed by atoms with Crippen LogP contribution >= 0.6 is 12.6 Å². The van der Waals surface area contributed by atoms with Crippen LogP contribution in [0.1, 0.15) is 25.8 Å². The van der Waals surface area contributed by atoms with Crippen molar-refractivity contribution in [3.8, 4) is 0 Å². The average Bonchev–Trinajstić information content (AvgIpc) is 2.79. The van der Waals surface area contributed by atoms with E-state index in [2.05, 4.69) is 28.6 Å². The van der Waals surface area contributed by atoms with Crippen LogP contribution in [0.3, 0.4) is 0 Å². The molecule has 0 saturated heterocycles. The number of aliphatic hydroxyl groups excluding tert-OH is 1. The minimum absolute atomic E-state index is 0.0535. The van der Waals surface area contributed by atoms with Crippen LogP contribution < -0.4 is 21.7 Å². The molecule has 0 bridgehead atoms. The maximum absolute atomic E-state index is 12.6. The predicted octanol–water partition coefficient (Wildman–Crippen LogP) is -0.936. The van der Waals surface area contributed by atoms with Crippen LogP contribution in [0, 0.1) is 5.92 Å². The van der Waals surface area contributed by atoms with E-state index in [0.717, 1.165) is 0 Å². The number of aliphatic hydroxyl groups is 1. The third-order valence-electron chi connectivity index (χ3n) is 5.09. The molecule has 11 heteroatoms. The first kappa shape index (κ1) is 27.4. The van der Waals surface area contributed by atoms with Crippen molar-refractivity contribution in [2.24, 2.45) is 11.7 Å². The molecule has 5 atom stereocenters. The van der Waals surface area contributed by atoms with Crippen LogP contribution in [-0.2, 0) is 25.6 Å². The summed E-state index contributed by atoms with van der Waals surface area (Å²) in [5.41, 5.74) is 6.55. The van der Waals surface area contributed by atoms with Gasteiger partial charge in [0.1, 0.15) is 18.1 Å². The second-order valence-corrected chi connectivity index (χ2v) is 7.85. The van der Waals surface area contributed by atoms with Crippen LogP contribution in [0.25, 0.3) is 0 Å². The quantitative estimate of drug-likeness (QED) is 0.183. The summed E-state index contributed by atoms with van der Waals surface area (Å²) in [5.74, 6) is -3.67. The molecule has 0 radical (unpaired) electrons. The predicted molar refractivity (Wildman–Crippen MR) is 122 cm³/mol. The zero-order chi connectivity index (χ0) is 24.3. The number of thiol groups is 1. The summed E-state index contributed by atoms with van der Waals surface area (Å²) >= 11 is 4.05. The van der Waals surface area contributed by atoms with Gasteiger partial charge in [0.05, 0.1) is 12.6 Å².